The van der Waals surface area contributed by atoms with E-state index in [0.29, 0.717) is 17.2 Å². The molecule has 0 saturated carbocycles. The van der Waals surface area contributed by atoms with Gasteiger partial charge in [0.1, 0.15) is 17.2 Å². The molecule has 0 aliphatic carbocycles. The van der Waals surface area contributed by atoms with Crippen molar-refractivity contribution in [2.45, 2.75) is 11.4 Å². The van der Waals surface area contributed by atoms with Crippen molar-refractivity contribution in [1.29, 1.82) is 0 Å². The van der Waals surface area contributed by atoms with Crippen molar-refractivity contribution in [3.8, 4) is 17.2 Å². The highest BCUT2D eigenvalue weighted by Gasteiger charge is 2.24. The smallest absolute Gasteiger partial charge is 0.254 e. The van der Waals surface area contributed by atoms with Crippen molar-refractivity contribution in [2.24, 2.45) is 0 Å². The first-order valence-electron chi connectivity index (χ1n) is 9.53. The number of hydrogen-bond acceptors (Lipinski definition) is 5. The van der Waals surface area contributed by atoms with Gasteiger partial charge >= 0.3 is 0 Å². The summed E-state index contributed by atoms with van der Waals surface area (Å²) in [4.78, 5) is 12.1. The van der Waals surface area contributed by atoms with Gasteiger partial charge in [-0.05, 0) is 48.0 Å². The number of rotatable bonds is 8. The van der Waals surface area contributed by atoms with Gasteiger partial charge in [-0.1, -0.05) is 30.3 Å². The van der Waals surface area contributed by atoms with Crippen LogP contribution in [0.15, 0.2) is 77.7 Å². The summed E-state index contributed by atoms with van der Waals surface area (Å²) in [6.45, 7) is 0.135. The molecule has 3 aromatic rings. The normalized spacial score (nSPS) is 11.2. The predicted octanol–water partition coefficient (Wildman–Crippen LogP) is 3.67. The summed E-state index contributed by atoms with van der Waals surface area (Å²) in [5.41, 5.74) is 0.914. The third-order valence-electron chi connectivity index (χ3n) is 4.63. The first-order chi connectivity index (χ1) is 14.8. The molecule has 0 atom stereocenters. The minimum absolute atomic E-state index is 0.00564. The highest BCUT2D eigenvalue weighted by molar-refractivity contribution is 7.89. The number of nitrogens with zero attached hydrogens (tertiary/aromatic N) is 1. The summed E-state index contributed by atoms with van der Waals surface area (Å²) >= 11 is 0. The largest absolute Gasteiger partial charge is 0.496 e. The van der Waals surface area contributed by atoms with Crippen molar-refractivity contribution in [2.75, 3.05) is 21.2 Å². The summed E-state index contributed by atoms with van der Waals surface area (Å²) < 4.78 is 38.4. The minimum Gasteiger partial charge on any atom is -0.496 e. The zero-order chi connectivity index (χ0) is 22.4. The van der Waals surface area contributed by atoms with Crippen molar-refractivity contribution in [3.63, 3.8) is 0 Å². The molecule has 0 aliphatic rings. The second-order valence-electron chi connectivity index (χ2n) is 6.76. The second kappa shape index (κ2) is 9.63. The highest BCUT2D eigenvalue weighted by Crippen LogP contribution is 2.26. The van der Waals surface area contributed by atoms with E-state index in [2.05, 4.69) is 5.32 Å². The van der Waals surface area contributed by atoms with Gasteiger partial charge in [0.15, 0.2) is 0 Å². The number of nitrogens with one attached hydrogen (secondary N) is 1. The van der Waals surface area contributed by atoms with Gasteiger partial charge in [-0.2, -0.15) is 4.31 Å². The molecule has 0 bridgehead atoms. The molecule has 1 amide bonds. The molecule has 8 heteroatoms. The van der Waals surface area contributed by atoms with E-state index in [1.54, 1.807) is 6.07 Å². The number of para-hydroxylation sites is 1. The maximum Gasteiger partial charge on any atom is 0.254 e. The van der Waals surface area contributed by atoms with Crippen LogP contribution >= 0.6 is 0 Å². The summed E-state index contributed by atoms with van der Waals surface area (Å²) in [6, 6.07) is 20.8. The number of benzene rings is 3. The quantitative estimate of drug-likeness (QED) is 0.578. The fraction of sp³-hybridized carbons (Fsp3) is 0.174. The maximum atomic E-state index is 13.1. The highest BCUT2D eigenvalue weighted by atomic mass is 32.2. The standard InChI is InChI=1S/C23H24N2O5S/c1-24-23(26)21-15-20(12-13-22(21)29-3)31(27,28)25(2)16-17-8-7-11-19(14-17)30-18-9-5-4-6-10-18/h4-15H,16H2,1-3H3,(H,24,26). The Kier molecular flexibility index (Phi) is 6.94. The van der Waals surface area contributed by atoms with E-state index >= 15 is 0 Å². The van der Waals surface area contributed by atoms with Gasteiger partial charge in [0, 0.05) is 20.6 Å². The Balaban J connectivity index is 1.82. The number of hydrogen-bond donors (Lipinski definition) is 1. The van der Waals surface area contributed by atoms with E-state index in [1.165, 1.54) is 43.7 Å². The zero-order valence-corrected chi connectivity index (χ0v) is 18.3. The van der Waals surface area contributed by atoms with Gasteiger partial charge in [-0.25, -0.2) is 8.42 Å². The van der Waals surface area contributed by atoms with Crippen molar-refractivity contribution >= 4 is 15.9 Å². The SMILES string of the molecule is CNC(=O)c1cc(S(=O)(=O)N(C)Cc2cccc(Oc3ccccc3)c2)ccc1OC. The van der Waals surface area contributed by atoms with E-state index in [4.69, 9.17) is 9.47 Å². The van der Waals surface area contributed by atoms with Crippen LogP contribution in [0.25, 0.3) is 0 Å². The monoisotopic (exact) mass is 440 g/mol. The van der Waals surface area contributed by atoms with Gasteiger partial charge < -0.3 is 14.8 Å². The lowest BCUT2D eigenvalue weighted by Gasteiger charge is -2.19. The second-order valence-corrected chi connectivity index (χ2v) is 8.81. The average molecular weight is 441 g/mol. The van der Waals surface area contributed by atoms with E-state index < -0.39 is 15.9 Å². The van der Waals surface area contributed by atoms with Gasteiger partial charge in [0.2, 0.25) is 10.0 Å². The molecular formula is C23H24N2O5S. The lowest BCUT2D eigenvalue weighted by atomic mass is 10.2. The third-order valence-corrected chi connectivity index (χ3v) is 6.43. The predicted molar refractivity (Wildman–Crippen MR) is 118 cm³/mol. The van der Waals surface area contributed by atoms with Crippen LogP contribution in [0.4, 0.5) is 0 Å². The van der Waals surface area contributed by atoms with Gasteiger partial charge in [-0.3, -0.25) is 4.79 Å². The van der Waals surface area contributed by atoms with Crippen LogP contribution in [0.5, 0.6) is 17.2 Å². The van der Waals surface area contributed by atoms with Crippen LogP contribution in [0.1, 0.15) is 15.9 Å². The lowest BCUT2D eigenvalue weighted by molar-refractivity contribution is 0.0960. The fourth-order valence-corrected chi connectivity index (χ4v) is 4.20. The molecule has 3 aromatic carbocycles. The molecule has 1 N–H and O–H groups in total. The molecule has 0 spiro atoms. The van der Waals surface area contributed by atoms with Crippen molar-refractivity contribution < 1.29 is 22.7 Å². The summed E-state index contributed by atoms with van der Waals surface area (Å²) in [5, 5.41) is 2.49. The summed E-state index contributed by atoms with van der Waals surface area (Å²) in [7, 11) is 0.544. The van der Waals surface area contributed by atoms with Crippen LogP contribution in [-0.4, -0.2) is 39.8 Å². The Morgan fingerprint density at radius 3 is 2.35 bits per heavy atom. The van der Waals surface area contributed by atoms with E-state index in [9.17, 15) is 13.2 Å². The van der Waals surface area contributed by atoms with Crippen molar-refractivity contribution in [1.82, 2.24) is 9.62 Å². The summed E-state index contributed by atoms with van der Waals surface area (Å²) in [5.74, 6) is 1.18. The number of sulfonamides is 1. The Labute approximate surface area is 182 Å². The lowest BCUT2D eigenvalue weighted by Crippen LogP contribution is -2.27. The number of methoxy groups -OCH3 is 1. The number of ether oxygens (including phenoxy) is 2. The minimum atomic E-state index is -3.84. The van der Waals surface area contributed by atoms with Crippen LogP contribution in [0, 0.1) is 0 Å². The molecule has 0 aromatic heterocycles. The molecule has 0 aliphatic heterocycles. The van der Waals surface area contributed by atoms with Gasteiger partial charge in [-0.15, -0.1) is 0 Å². The van der Waals surface area contributed by atoms with Crippen LogP contribution in [-0.2, 0) is 16.6 Å². The molecule has 31 heavy (non-hydrogen) atoms. The Morgan fingerprint density at radius 2 is 1.68 bits per heavy atom. The van der Waals surface area contributed by atoms with Crippen LogP contribution in [0.3, 0.4) is 0 Å². The molecule has 3 rings (SSSR count). The molecule has 0 radical (unpaired) electrons. The van der Waals surface area contributed by atoms with E-state index in [-0.39, 0.29) is 17.0 Å². The van der Waals surface area contributed by atoms with Crippen molar-refractivity contribution in [3.05, 3.63) is 83.9 Å². The van der Waals surface area contributed by atoms with Gasteiger partial charge in [0.25, 0.3) is 5.91 Å². The topological polar surface area (TPSA) is 84.9 Å². The fourth-order valence-electron chi connectivity index (χ4n) is 3.01. The van der Waals surface area contributed by atoms with Crippen LogP contribution < -0.4 is 14.8 Å². The molecular weight excluding hydrogens is 416 g/mol. The number of carbonyl (C=O) groups excluding carboxylic acids is 1. The third kappa shape index (κ3) is 5.22. The molecule has 162 valence electrons. The molecule has 0 saturated heterocycles. The summed E-state index contributed by atoms with van der Waals surface area (Å²) in [6.07, 6.45) is 0. The molecule has 7 nitrogen and oxygen atoms in total. The Hall–Kier alpha value is -3.36. The van der Waals surface area contributed by atoms with Gasteiger partial charge in [0.05, 0.1) is 17.6 Å². The van der Waals surface area contributed by atoms with E-state index in [1.807, 2.05) is 48.5 Å². The number of amides is 1. The Bertz CT molecular complexity index is 1160. The van der Waals surface area contributed by atoms with E-state index in [0.717, 1.165) is 5.56 Å². The first-order valence-corrected chi connectivity index (χ1v) is 11.0. The Morgan fingerprint density at radius 1 is 0.968 bits per heavy atom. The first kappa shape index (κ1) is 22.3. The molecule has 0 unspecified atom stereocenters. The average Bonchev–Trinajstić information content (AvgIpc) is 2.79. The number of carbonyl (C=O) groups is 1. The van der Waals surface area contributed by atoms with Crippen LogP contribution in [0.2, 0.25) is 0 Å². The zero-order valence-electron chi connectivity index (χ0n) is 17.5. The maximum absolute atomic E-state index is 13.1. The molecule has 0 fully saturated rings. The molecule has 0 heterocycles.